The van der Waals surface area contributed by atoms with Crippen LogP contribution in [0.3, 0.4) is 0 Å². The van der Waals surface area contributed by atoms with Crippen LogP contribution in [-0.4, -0.2) is 27.4 Å². The average Bonchev–Trinajstić information content (AvgIpc) is 3.33. The predicted octanol–water partition coefficient (Wildman–Crippen LogP) is 2.64. The number of carbonyl (C=O) groups is 1. The molecule has 0 bridgehead atoms. The summed E-state index contributed by atoms with van der Waals surface area (Å²) in [5.41, 5.74) is 0.0592. The van der Waals surface area contributed by atoms with E-state index in [-0.39, 0.29) is 17.6 Å². The van der Waals surface area contributed by atoms with Crippen molar-refractivity contribution in [2.75, 3.05) is 5.75 Å². The number of rotatable bonds is 6. The van der Waals surface area contributed by atoms with Gasteiger partial charge >= 0.3 is 0 Å². The molecule has 23 heavy (non-hydrogen) atoms. The molecule has 1 aromatic carbocycles. The van der Waals surface area contributed by atoms with Gasteiger partial charge in [0.15, 0.2) is 0 Å². The van der Waals surface area contributed by atoms with Crippen LogP contribution in [0.5, 0.6) is 0 Å². The molecular weight excluding hydrogens is 312 g/mol. The largest absolute Gasteiger partial charge is 0.411 e. The monoisotopic (exact) mass is 328 g/mol. The molecule has 1 saturated carbocycles. The van der Waals surface area contributed by atoms with Crippen molar-refractivity contribution in [2.45, 2.75) is 30.5 Å². The van der Waals surface area contributed by atoms with Gasteiger partial charge in [-0.3, -0.25) is 4.79 Å². The molecule has 0 spiro atoms. The molecule has 7 heteroatoms. The third-order valence-corrected chi connectivity index (χ3v) is 4.60. The molecule has 118 valence electrons. The van der Waals surface area contributed by atoms with Crippen molar-refractivity contribution < 1.29 is 9.21 Å². The van der Waals surface area contributed by atoms with Crippen LogP contribution in [0.1, 0.15) is 19.8 Å². The van der Waals surface area contributed by atoms with Crippen molar-refractivity contribution >= 4 is 17.7 Å². The first-order valence-corrected chi connectivity index (χ1v) is 8.33. The average molecular weight is 328 g/mol. The molecule has 1 N–H and O–H groups in total. The number of hydrogen-bond donors (Lipinski definition) is 1. The zero-order valence-electron chi connectivity index (χ0n) is 12.7. The minimum atomic E-state index is -0.776. The fourth-order valence-electron chi connectivity index (χ4n) is 2.30. The Morgan fingerprint density at radius 3 is 2.83 bits per heavy atom. The Morgan fingerprint density at radius 2 is 2.17 bits per heavy atom. The van der Waals surface area contributed by atoms with Gasteiger partial charge in [-0.2, -0.15) is 5.26 Å². The zero-order chi connectivity index (χ0) is 16.3. The summed E-state index contributed by atoms with van der Waals surface area (Å²) in [6.45, 7) is 1.77. The summed E-state index contributed by atoms with van der Waals surface area (Å²) in [4.78, 5) is 12.0. The highest BCUT2D eigenvalue weighted by Crippen LogP contribution is 2.39. The Hall–Kier alpha value is -2.33. The normalized spacial score (nSPS) is 16.3. The molecule has 2 aromatic rings. The van der Waals surface area contributed by atoms with E-state index in [1.165, 1.54) is 11.8 Å². The molecular formula is C16H16N4O2S. The summed E-state index contributed by atoms with van der Waals surface area (Å²) < 4.78 is 5.53. The van der Waals surface area contributed by atoms with Crippen molar-refractivity contribution in [3.05, 3.63) is 30.3 Å². The Morgan fingerprint density at radius 1 is 1.43 bits per heavy atom. The molecule has 0 aliphatic heterocycles. The SMILES string of the molecule is C[C@](C#N)(NC(=O)CSc1nnc(-c2ccccc2)o1)C1CC1. The number of nitrogens with zero attached hydrogens (tertiary/aromatic N) is 3. The van der Waals surface area contributed by atoms with E-state index in [2.05, 4.69) is 21.6 Å². The first-order chi connectivity index (χ1) is 11.1. The van der Waals surface area contributed by atoms with Crippen molar-refractivity contribution in [1.82, 2.24) is 15.5 Å². The van der Waals surface area contributed by atoms with Crippen LogP contribution >= 0.6 is 11.8 Å². The molecule has 1 aliphatic rings. The van der Waals surface area contributed by atoms with Gasteiger partial charge in [-0.25, -0.2) is 0 Å². The van der Waals surface area contributed by atoms with E-state index in [1.54, 1.807) is 6.92 Å². The first kappa shape index (κ1) is 15.6. The van der Waals surface area contributed by atoms with Crippen LogP contribution in [-0.2, 0) is 4.79 Å². The van der Waals surface area contributed by atoms with Crippen LogP contribution in [0.25, 0.3) is 11.5 Å². The van der Waals surface area contributed by atoms with E-state index < -0.39 is 5.54 Å². The van der Waals surface area contributed by atoms with E-state index in [0.717, 1.165) is 18.4 Å². The maximum atomic E-state index is 12.0. The van der Waals surface area contributed by atoms with Gasteiger partial charge in [0, 0.05) is 5.56 Å². The molecule has 1 atom stereocenters. The molecule has 6 nitrogen and oxygen atoms in total. The van der Waals surface area contributed by atoms with Crippen LogP contribution in [0, 0.1) is 17.2 Å². The molecule has 0 saturated heterocycles. The lowest BCUT2D eigenvalue weighted by molar-refractivity contribution is -0.119. The standard InChI is InChI=1S/C16H16N4O2S/c1-16(10-17,12-7-8-12)18-13(21)9-23-15-20-19-14(22-15)11-5-3-2-4-6-11/h2-6,12H,7-9H2,1H3,(H,18,21)/t16-/m1/s1. The topological polar surface area (TPSA) is 91.8 Å². The molecule has 0 radical (unpaired) electrons. The quantitative estimate of drug-likeness (QED) is 0.820. The number of aromatic nitrogens is 2. The third kappa shape index (κ3) is 3.71. The number of amides is 1. The van der Waals surface area contributed by atoms with E-state index in [9.17, 15) is 10.1 Å². The minimum absolute atomic E-state index is 0.139. The Kier molecular flexibility index (Phi) is 4.35. The zero-order valence-corrected chi connectivity index (χ0v) is 13.5. The van der Waals surface area contributed by atoms with Gasteiger partial charge in [0.2, 0.25) is 11.8 Å². The Balaban J connectivity index is 1.56. The molecule has 1 amide bonds. The first-order valence-electron chi connectivity index (χ1n) is 7.35. The fraction of sp³-hybridized carbons (Fsp3) is 0.375. The highest BCUT2D eigenvalue weighted by atomic mass is 32.2. The van der Waals surface area contributed by atoms with Gasteiger partial charge < -0.3 is 9.73 Å². The van der Waals surface area contributed by atoms with Crippen LogP contribution in [0.15, 0.2) is 40.0 Å². The van der Waals surface area contributed by atoms with Crippen LogP contribution in [0.4, 0.5) is 0 Å². The summed E-state index contributed by atoms with van der Waals surface area (Å²) in [5, 5.41) is 20.3. The van der Waals surface area contributed by atoms with E-state index >= 15 is 0 Å². The van der Waals surface area contributed by atoms with E-state index in [0.29, 0.717) is 11.1 Å². The van der Waals surface area contributed by atoms with Crippen LogP contribution in [0.2, 0.25) is 0 Å². The van der Waals surface area contributed by atoms with Gasteiger partial charge in [0.25, 0.3) is 5.22 Å². The summed E-state index contributed by atoms with van der Waals surface area (Å²) >= 11 is 1.17. The summed E-state index contributed by atoms with van der Waals surface area (Å²) in [7, 11) is 0. The van der Waals surface area contributed by atoms with Crippen molar-refractivity contribution in [2.24, 2.45) is 5.92 Å². The number of hydrogen-bond acceptors (Lipinski definition) is 6. The molecule has 1 fully saturated rings. The highest BCUT2D eigenvalue weighted by Gasteiger charge is 2.42. The predicted molar refractivity (Wildman–Crippen MR) is 85.3 cm³/mol. The number of nitriles is 1. The Labute approximate surface area is 138 Å². The van der Waals surface area contributed by atoms with Gasteiger partial charge in [0.1, 0.15) is 5.54 Å². The minimum Gasteiger partial charge on any atom is -0.411 e. The highest BCUT2D eigenvalue weighted by molar-refractivity contribution is 7.99. The maximum absolute atomic E-state index is 12.0. The molecule has 1 aromatic heterocycles. The number of thioether (sulfide) groups is 1. The van der Waals surface area contributed by atoms with E-state index in [4.69, 9.17) is 4.42 Å². The fourth-order valence-corrected chi connectivity index (χ4v) is 2.86. The summed E-state index contributed by atoms with van der Waals surface area (Å²) in [6.07, 6.45) is 1.98. The lowest BCUT2D eigenvalue weighted by atomic mass is 9.98. The second kappa shape index (κ2) is 6.42. The lowest BCUT2D eigenvalue weighted by Crippen LogP contribution is -2.47. The Bertz CT molecular complexity index is 736. The smallest absolute Gasteiger partial charge is 0.277 e. The number of carbonyl (C=O) groups excluding carboxylic acids is 1. The van der Waals surface area contributed by atoms with E-state index in [1.807, 2.05) is 30.3 Å². The number of nitrogens with one attached hydrogen (secondary N) is 1. The lowest BCUT2D eigenvalue weighted by Gasteiger charge is -2.22. The second-order valence-electron chi connectivity index (χ2n) is 5.66. The molecule has 0 unspecified atom stereocenters. The maximum Gasteiger partial charge on any atom is 0.277 e. The molecule has 3 rings (SSSR count). The van der Waals surface area contributed by atoms with Crippen molar-refractivity contribution in [3.63, 3.8) is 0 Å². The summed E-state index contributed by atoms with van der Waals surface area (Å²) in [5.74, 6) is 0.619. The van der Waals surface area contributed by atoms with Crippen molar-refractivity contribution in [1.29, 1.82) is 5.26 Å². The van der Waals surface area contributed by atoms with Gasteiger partial charge in [0.05, 0.1) is 11.8 Å². The third-order valence-electron chi connectivity index (χ3n) is 3.78. The summed E-state index contributed by atoms with van der Waals surface area (Å²) in [6, 6.07) is 11.6. The molecule has 1 heterocycles. The van der Waals surface area contributed by atoms with Gasteiger partial charge in [-0.05, 0) is 37.8 Å². The number of benzene rings is 1. The van der Waals surface area contributed by atoms with Crippen LogP contribution < -0.4 is 5.32 Å². The molecule has 1 aliphatic carbocycles. The van der Waals surface area contributed by atoms with Crippen molar-refractivity contribution in [3.8, 4) is 17.5 Å². The van der Waals surface area contributed by atoms with Gasteiger partial charge in [-0.15, -0.1) is 10.2 Å². The van der Waals surface area contributed by atoms with Gasteiger partial charge in [-0.1, -0.05) is 30.0 Å². The second-order valence-corrected chi connectivity index (χ2v) is 6.59.